The fraction of sp³-hybridized carbons (Fsp3) is 0.333. The standard InChI is InChI=1S/C21H18F2O3/c22-15-7-8-16(17(23)10-15)11-1-3-12(4-2-11)20(24)18-13-5-6-14(9-13)19(18)21(25)26/h1-4,7-8,10,13-14,18-19H,5-6,9H2,(H,25,26)/t13-,14+,18+,19+/m1/s1. The number of hydrogen-bond donors (Lipinski definition) is 1. The van der Waals surface area contributed by atoms with Gasteiger partial charge in [-0.2, -0.15) is 0 Å². The van der Waals surface area contributed by atoms with E-state index < -0.39 is 29.4 Å². The summed E-state index contributed by atoms with van der Waals surface area (Å²) in [5.41, 5.74) is 1.25. The van der Waals surface area contributed by atoms with Crippen molar-refractivity contribution in [1.82, 2.24) is 0 Å². The van der Waals surface area contributed by atoms with Crippen LogP contribution >= 0.6 is 0 Å². The molecule has 3 nitrogen and oxygen atoms in total. The molecule has 2 aliphatic carbocycles. The Labute approximate surface area is 149 Å². The van der Waals surface area contributed by atoms with Crippen LogP contribution in [0.3, 0.4) is 0 Å². The minimum absolute atomic E-state index is 0.0963. The number of fused-ring (bicyclic) bond motifs is 2. The Balaban J connectivity index is 1.61. The molecule has 5 heteroatoms. The number of hydrogen-bond acceptors (Lipinski definition) is 2. The fourth-order valence-electron chi connectivity index (χ4n) is 4.75. The summed E-state index contributed by atoms with van der Waals surface area (Å²) >= 11 is 0. The van der Waals surface area contributed by atoms with Gasteiger partial charge in [0.05, 0.1) is 5.92 Å². The van der Waals surface area contributed by atoms with E-state index in [0.717, 1.165) is 25.3 Å². The summed E-state index contributed by atoms with van der Waals surface area (Å²) in [6.45, 7) is 0. The van der Waals surface area contributed by atoms with Crippen molar-refractivity contribution in [3.63, 3.8) is 0 Å². The third-order valence-electron chi connectivity index (χ3n) is 5.92. The van der Waals surface area contributed by atoms with Gasteiger partial charge in [0, 0.05) is 23.1 Å². The van der Waals surface area contributed by atoms with Gasteiger partial charge in [-0.15, -0.1) is 0 Å². The molecule has 2 aliphatic rings. The van der Waals surface area contributed by atoms with Gasteiger partial charge in [0.2, 0.25) is 0 Å². The van der Waals surface area contributed by atoms with Crippen LogP contribution in [0, 0.1) is 35.3 Å². The van der Waals surface area contributed by atoms with E-state index in [9.17, 15) is 23.5 Å². The zero-order valence-electron chi connectivity index (χ0n) is 14.0. The first kappa shape index (κ1) is 16.9. The van der Waals surface area contributed by atoms with Crippen LogP contribution in [0.5, 0.6) is 0 Å². The van der Waals surface area contributed by atoms with Gasteiger partial charge in [0.15, 0.2) is 5.78 Å². The topological polar surface area (TPSA) is 54.4 Å². The molecule has 0 aromatic heterocycles. The second kappa shape index (κ2) is 6.31. The summed E-state index contributed by atoms with van der Waals surface area (Å²) in [7, 11) is 0. The van der Waals surface area contributed by atoms with Gasteiger partial charge < -0.3 is 5.11 Å². The first-order chi connectivity index (χ1) is 12.5. The van der Waals surface area contributed by atoms with Crippen LogP contribution in [0.4, 0.5) is 8.78 Å². The van der Waals surface area contributed by atoms with E-state index in [1.165, 1.54) is 12.1 Å². The van der Waals surface area contributed by atoms with E-state index in [4.69, 9.17) is 0 Å². The predicted molar refractivity (Wildman–Crippen MR) is 91.6 cm³/mol. The monoisotopic (exact) mass is 356 g/mol. The second-order valence-electron chi connectivity index (χ2n) is 7.29. The Morgan fingerprint density at radius 1 is 0.923 bits per heavy atom. The molecule has 134 valence electrons. The van der Waals surface area contributed by atoms with Gasteiger partial charge in [-0.05, 0) is 48.8 Å². The van der Waals surface area contributed by atoms with Crippen molar-refractivity contribution in [2.24, 2.45) is 23.7 Å². The minimum Gasteiger partial charge on any atom is -0.481 e. The average Bonchev–Trinajstić information content (AvgIpc) is 3.22. The quantitative estimate of drug-likeness (QED) is 0.817. The van der Waals surface area contributed by atoms with E-state index in [1.807, 2.05) is 0 Å². The number of aliphatic carboxylic acids is 1. The van der Waals surface area contributed by atoms with E-state index >= 15 is 0 Å². The molecule has 1 N–H and O–H groups in total. The van der Waals surface area contributed by atoms with E-state index in [1.54, 1.807) is 24.3 Å². The van der Waals surface area contributed by atoms with Crippen LogP contribution in [0.15, 0.2) is 42.5 Å². The second-order valence-corrected chi connectivity index (χ2v) is 7.29. The summed E-state index contributed by atoms with van der Waals surface area (Å²) in [5.74, 6) is -3.18. The van der Waals surface area contributed by atoms with E-state index in [2.05, 4.69) is 0 Å². The number of Topliss-reactive ketones (excluding diaryl/α,β-unsaturated/α-hetero) is 1. The maximum Gasteiger partial charge on any atom is 0.307 e. The average molecular weight is 356 g/mol. The third-order valence-corrected chi connectivity index (χ3v) is 5.92. The summed E-state index contributed by atoms with van der Waals surface area (Å²) in [6.07, 6.45) is 2.60. The van der Waals surface area contributed by atoms with Crippen molar-refractivity contribution in [2.45, 2.75) is 19.3 Å². The number of carbonyl (C=O) groups is 2. The molecule has 26 heavy (non-hydrogen) atoms. The molecule has 2 fully saturated rings. The zero-order valence-corrected chi connectivity index (χ0v) is 14.0. The summed E-state index contributed by atoms with van der Waals surface area (Å²) in [6, 6.07) is 9.80. The molecule has 0 saturated heterocycles. The first-order valence-electron chi connectivity index (χ1n) is 8.78. The molecule has 0 amide bonds. The molecule has 0 aliphatic heterocycles. The van der Waals surface area contributed by atoms with Crippen LogP contribution in [0.1, 0.15) is 29.6 Å². The molecule has 0 heterocycles. The smallest absolute Gasteiger partial charge is 0.307 e. The van der Waals surface area contributed by atoms with E-state index in [0.29, 0.717) is 11.1 Å². The fourth-order valence-corrected chi connectivity index (χ4v) is 4.75. The highest BCUT2D eigenvalue weighted by Gasteiger charge is 2.53. The molecular formula is C21H18F2O3. The van der Waals surface area contributed by atoms with Crippen LogP contribution in [-0.4, -0.2) is 16.9 Å². The predicted octanol–water partition coefficient (Wildman–Crippen LogP) is 4.56. The van der Waals surface area contributed by atoms with Crippen molar-refractivity contribution in [2.75, 3.05) is 0 Å². The highest BCUT2D eigenvalue weighted by molar-refractivity contribution is 6.01. The first-order valence-corrected chi connectivity index (χ1v) is 8.78. The van der Waals surface area contributed by atoms with Gasteiger partial charge in [-0.3, -0.25) is 9.59 Å². The lowest BCUT2D eigenvalue weighted by Crippen LogP contribution is -2.34. The Bertz CT molecular complexity index is 875. The minimum atomic E-state index is -0.888. The number of carboxylic acid groups (broad SMARTS) is 1. The highest BCUT2D eigenvalue weighted by atomic mass is 19.1. The lowest BCUT2D eigenvalue weighted by molar-refractivity contribution is -0.144. The third kappa shape index (κ3) is 2.71. The highest BCUT2D eigenvalue weighted by Crippen LogP contribution is 2.53. The van der Waals surface area contributed by atoms with Gasteiger partial charge in [0.25, 0.3) is 0 Å². The SMILES string of the molecule is O=C(O)[C@H]1[C@H]2CC[C@H](C2)[C@@H]1C(=O)c1ccc(-c2ccc(F)cc2F)cc1. The van der Waals surface area contributed by atoms with Crippen molar-refractivity contribution >= 4 is 11.8 Å². The van der Waals surface area contributed by atoms with Crippen molar-refractivity contribution < 1.29 is 23.5 Å². The van der Waals surface area contributed by atoms with Gasteiger partial charge in [0.1, 0.15) is 11.6 Å². The Kier molecular flexibility index (Phi) is 4.10. The number of benzene rings is 2. The molecule has 2 saturated carbocycles. The molecule has 0 radical (unpaired) electrons. The number of ketones is 1. The molecule has 0 spiro atoms. The summed E-state index contributed by atoms with van der Waals surface area (Å²) in [4.78, 5) is 24.5. The molecule has 2 aromatic rings. The lowest BCUT2D eigenvalue weighted by Gasteiger charge is -2.27. The summed E-state index contributed by atoms with van der Waals surface area (Å²) < 4.78 is 27.0. The van der Waals surface area contributed by atoms with Crippen LogP contribution in [-0.2, 0) is 4.79 Å². The number of halogens is 2. The van der Waals surface area contributed by atoms with Gasteiger partial charge >= 0.3 is 5.97 Å². The molecule has 2 aromatic carbocycles. The van der Waals surface area contributed by atoms with Crippen LogP contribution in [0.25, 0.3) is 11.1 Å². The summed E-state index contributed by atoms with van der Waals surface area (Å²) in [5, 5.41) is 9.52. The van der Waals surface area contributed by atoms with Gasteiger partial charge in [-0.1, -0.05) is 24.3 Å². The Morgan fingerprint density at radius 2 is 1.58 bits per heavy atom. The van der Waals surface area contributed by atoms with Crippen molar-refractivity contribution in [3.8, 4) is 11.1 Å². The van der Waals surface area contributed by atoms with Crippen molar-refractivity contribution in [3.05, 3.63) is 59.7 Å². The zero-order chi connectivity index (χ0) is 18.4. The molecule has 4 rings (SSSR count). The molecular weight excluding hydrogens is 338 g/mol. The normalized spacial score (nSPS) is 26.8. The Hall–Kier alpha value is -2.56. The van der Waals surface area contributed by atoms with Crippen molar-refractivity contribution in [1.29, 1.82) is 0 Å². The lowest BCUT2D eigenvalue weighted by atomic mass is 9.75. The van der Waals surface area contributed by atoms with Gasteiger partial charge in [-0.25, -0.2) is 8.78 Å². The number of carbonyl (C=O) groups excluding carboxylic acids is 1. The molecule has 4 atom stereocenters. The molecule has 2 bridgehead atoms. The van der Waals surface area contributed by atoms with Crippen LogP contribution < -0.4 is 0 Å². The Morgan fingerprint density at radius 3 is 2.19 bits per heavy atom. The number of carboxylic acids is 1. The number of rotatable bonds is 4. The maximum absolute atomic E-state index is 13.9. The van der Waals surface area contributed by atoms with Crippen LogP contribution in [0.2, 0.25) is 0 Å². The molecule has 0 unspecified atom stereocenters. The maximum atomic E-state index is 13.9. The largest absolute Gasteiger partial charge is 0.481 e. The van der Waals surface area contributed by atoms with E-state index in [-0.39, 0.29) is 23.2 Å².